The fraction of sp³-hybridized carbons (Fsp3) is 0.421. The van der Waals surface area contributed by atoms with Crippen molar-refractivity contribution >= 4 is 28.4 Å². The lowest BCUT2D eigenvalue weighted by Crippen LogP contribution is -2.30. The summed E-state index contributed by atoms with van der Waals surface area (Å²) in [5.41, 5.74) is 0. The standard InChI is InChI=1S/C19H23NO2S/c21-19(20-12-13-23-16-8-2-3-9-16)14-22-18-11-5-7-15-6-1-4-10-17(15)18/h1,4-7,10-11,16H,2-3,8-9,12-14H2,(H,20,21). The Labute approximate surface area is 141 Å². The predicted octanol–water partition coefficient (Wildman–Crippen LogP) is 4.01. The van der Waals surface area contributed by atoms with Gasteiger partial charge in [-0.1, -0.05) is 49.2 Å². The topological polar surface area (TPSA) is 38.3 Å². The molecule has 23 heavy (non-hydrogen) atoms. The third-order valence-electron chi connectivity index (χ3n) is 4.19. The summed E-state index contributed by atoms with van der Waals surface area (Å²) < 4.78 is 5.69. The fourth-order valence-electron chi connectivity index (χ4n) is 2.99. The van der Waals surface area contributed by atoms with Gasteiger partial charge in [-0.25, -0.2) is 0 Å². The Morgan fingerprint density at radius 1 is 1.13 bits per heavy atom. The number of nitrogens with one attached hydrogen (secondary N) is 1. The van der Waals surface area contributed by atoms with E-state index in [0.29, 0.717) is 0 Å². The van der Waals surface area contributed by atoms with E-state index in [1.54, 1.807) is 0 Å². The van der Waals surface area contributed by atoms with Gasteiger partial charge in [0.1, 0.15) is 5.75 Å². The number of carbonyl (C=O) groups excluding carboxylic acids is 1. The lowest BCUT2D eigenvalue weighted by atomic mass is 10.1. The molecule has 2 aromatic rings. The molecule has 1 aliphatic rings. The van der Waals surface area contributed by atoms with Crippen LogP contribution in [0, 0.1) is 0 Å². The fourth-order valence-corrected chi connectivity index (χ4v) is 4.21. The van der Waals surface area contributed by atoms with Crippen LogP contribution in [0.3, 0.4) is 0 Å². The van der Waals surface area contributed by atoms with Crippen LogP contribution in [0.1, 0.15) is 25.7 Å². The Kier molecular flexibility index (Phi) is 5.81. The molecule has 0 radical (unpaired) electrons. The zero-order valence-electron chi connectivity index (χ0n) is 13.3. The van der Waals surface area contributed by atoms with Crippen molar-refractivity contribution in [3.63, 3.8) is 0 Å². The lowest BCUT2D eigenvalue weighted by Gasteiger charge is -2.11. The van der Waals surface area contributed by atoms with Crippen molar-refractivity contribution in [3.05, 3.63) is 42.5 Å². The molecule has 1 saturated carbocycles. The van der Waals surface area contributed by atoms with Crippen LogP contribution < -0.4 is 10.1 Å². The smallest absolute Gasteiger partial charge is 0.257 e. The number of fused-ring (bicyclic) bond motifs is 1. The molecule has 3 rings (SSSR count). The van der Waals surface area contributed by atoms with Gasteiger partial charge in [0.15, 0.2) is 6.61 Å². The van der Waals surface area contributed by atoms with Gasteiger partial charge < -0.3 is 10.1 Å². The van der Waals surface area contributed by atoms with Crippen molar-refractivity contribution < 1.29 is 9.53 Å². The molecule has 1 N–H and O–H groups in total. The molecule has 1 fully saturated rings. The summed E-state index contributed by atoms with van der Waals surface area (Å²) in [6.45, 7) is 0.793. The van der Waals surface area contributed by atoms with E-state index >= 15 is 0 Å². The number of rotatable bonds is 7. The molecule has 0 aliphatic heterocycles. The second-order valence-electron chi connectivity index (χ2n) is 5.89. The molecule has 0 bridgehead atoms. The van der Waals surface area contributed by atoms with E-state index in [4.69, 9.17) is 4.74 Å². The maximum absolute atomic E-state index is 11.9. The molecule has 1 aliphatic carbocycles. The molecule has 1 amide bonds. The zero-order valence-corrected chi connectivity index (χ0v) is 14.1. The van der Waals surface area contributed by atoms with Crippen molar-refractivity contribution in [1.29, 1.82) is 0 Å². The Morgan fingerprint density at radius 2 is 1.91 bits per heavy atom. The maximum Gasteiger partial charge on any atom is 0.257 e. The Bertz CT molecular complexity index is 647. The normalized spacial score (nSPS) is 15.0. The van der Waals surface area contributed by atoms with Crippen LogP contribution in [0.2, 0.25) is 0 Å². The van der Waals surface area contributed by atoms with Crippen molar-refractivity contribution in [2.45, 2.75) is 30.9 Å². The Morgan fingerprint density at radius 3 is 2.78 bits per heavy atom. The number of hydrogen-bond donors (Lipinski definition) is 1. The number of amides is 1. The monoisotopic (exact) mass is 329 g/mol. The Balaban J connectivity index is 1.41. The number of carbonyl (C=O) groups is 1. The largest absolute Gasteiger partial charge is 0.483 e. The first-order chi connectivity index (χ1) is 11.3. The number of ether oxygens (including phenoxy) is 1. The first-order valence-corrected chi connectivity index (χ1v) is 9.37. The van der Waals surface area contributed by atoms with E-state index in [9.17, 15) is 4.79 Å². The highest BCUT2D eigenvalue weighted by molar-refractivity contribution is 7.99. The zero-order chi connectivity index (χ0) is 15.9. The second kappa shape index (κ2) is 8.25. The molecule has 2 aromatic carbocycles. The van der Waals surface area contributed by atoms with Gasteiger partial charge in [-0.2, -0.15) is 11.8 Å². The maximum atomic E-state index is 11.9. The molecule has 0 atom stereocenters. The second-order valence-corrected chi connectivity index (χ2v) is 7.30. The number of benzene rings is 2. The Hall–Kier alpha value is -1.68. The van der Waals surface area contributed by atoms with Gasteiger partial charge in [-0.05, 0) is 24.3 Å². The van der Waals surface area contributed by atoms with Crippen molar-refractivity contribution in [2.75, 3.05) is 18.9 Å². The predicted molar refractivity (Wildman–Crippen MR) is 97.2 cm³/mol. The summed E-state index contributed by atoms with van der Waals surface area (Å²) in [6, 6.07) is 13.9. The highest BCUT2D eigenvalue weighted by atomic mass is 32.2. The first-order valence-electron chi connectivity index (χ1n) is 8.32. The summed E-state index contributed by atoms with van der Waals surface area (Å²) >= 11 is 1.99. The van der Waals surface area contributed by atoms with Crippen LogP contribution in [-0.2, 0) is 4.79 Å². The highest BCUT2D eigenvalue weighted by Gasteiger charge is 2.14. The quantitative estimate of drug-likeness (QED) is 0.780. The van der Waals surface area contributed by atoms with E-state index < -0.39 is 0 Å². The number of thioether (sulfide) groups is 1. The van der Waals surface area contributed by atoms with E-state index in [-0.39, 0.29) is 12.5 Å². The lowest BCUT2D eigenvalue weighted by molar-refractivity contribution is -0.122. The summed E-state index contributed by atoms with van der Waals surface area (Å²) in [7, 11) is 0. The van der Waals surface area contributed by atoms with Gasteiger partial charge in [0.05, 0.1) is 0 Å². The van der Waals surface area contributed by atoms with E-state index in [1.807, 2.05) is 54.2 Å². The van der Waals surface area contributed by atoms with E-state index in [0.717, 1.165) is 34.1 Å². The molecule has 0 spiro atoms. The van der Waals surface area contributed by atoms with Crippen LogP contribution in [0.25, 0.3) is 10.8 Å². The average molecular weight is 329 g/mol. The summed E-state index contributed by atoms with van der Waals surface area (Å²) in [5, 5.41) is 5.91. The average Bonchev–Trinajstić information content (AvgIpc) is 3.10. The molecular formula is C19H23NO2S. The van der Waals surface area contributed by atoms with Crippen LogP contribution in [-0.4, -0.2) is 30.1 Å². The van der Waals surface area contributed by atoms with Crippen molar-refractivity contribution in [1.82, 2.24) is 5.32 Å². The molecule has 0 heterocycles. The number of hydrogen-bond acceptors (Lipinski definition) is 3. The third-order valence-corrected chi connectivity index (χ3v) is 5.57. The van der Waals surface area contributed by atoms with Gasteiger partial charge in [-0.3, -0.25) is 4.79 Å². The van der Waals surface area contributed by atoms with Crippen molar-refractivity contribution in [2.24, 2.45) is 0 Å². The molecule has 0 aromatic heterocycles. The molecule has 0 unspecified atom stereocenters. The highest BCUT2D eigenvalue weighted by Crippen LogP contribution is 2.29. The van der Waals surface area contributed by atoms with Gasteiger partial charge in [0.2, 0.25) is 0 Å². The minimum absolute atomic E-state index is 0.0510. The van der Waals surface area contributed by atoms with Crippen LogP contribution in [0.5, 0.6) is 5.75 Å². The van der Waals surface area contributed by atoms with Crippen LogP contribution >= 0.6 is 11.8 Å². The van der Waals surface area contributed by atoms with Gasteiger partial charge >= 0.3 is 0 Å². The van der Waals surface area contributed by atoms with Gasteiger partial charge in [0.25, 0.3) is 5.91 Å². The summed E-state index contributed by atoms with van der Waals surface area (Å²) in [4.78, 5) is 11.9. The minimum Gasteiger partial charge on any atom is -0.483 e. The molecule has 122 valence electrons. The summed E-state index contributed by atoms with van der Waals surface area (Å²) in [6.07, 6.45) is 5.40. The van der Waals surface area contributed by atoms with E-state index in [2.05, 4.69) is 5.32 Å². The SMILES string of the molecule is O=C(COc1cccc2ccccc12)NCCSC1CCCC1. The van der Waals surface area contributed by atoms with Crippen LogP contribution in [0.4, 0.5) is 0 Å². The van der Waals surface area contributed by atoms with Crippen molar-refractivity contribution in [3.8, 4) is 5.75 Å². The molecule has 4 heteroatoms. The van der Waals surface area contributed by atoms with E-state index in [1.165, 1.54) is 25.7 Å². The van der Waals surface area contributed by atoms with Crippen LogP contribution in [0.15, 0.2) is 42.5 Å². The van der Waals surface area contributed by atoms with Gasteiger partial charge in [0, 0.05) is 22.9 Å². The first kappa shape index (κ1) is 16.2. The minimum atomic E-state index is -0.0510. The molecular weight excluding hydrogens is 306 g/mol. The summed E-state index contributed by atoms with van der Waals surface area (Å²) in [5.74, 6) is 1.70. The molecule has 3 nitrogen and oxygen atoms in total. The third kappa shape index (κ3) is 4.64. The van der Waals surface area contributed by atoms with Gasteiger partial charge in [-0.15, -0.1) is 0 Å². The molecule has 0 saturated heterocycles.